The van der Waals surface area contributed by atoms with Crippen molar-refractivity contribution in [2.45, 2.75) is 90.5 Å². The number of carbonyl (C=O) groups is 5. The van der Waals surface area contributed by atoms with Crippen LogP contribution in [0.3, 0.4) is 0 Å². The van der Waals surface area contributed by atoms with Gasteiger partial charge >= 0.3 is 5.97 Å². The Morgan fingerprint density at radius 3 is 2.02 bits per heavy atom. The Bertz CT molecular complexity index is 2110. The van der Waals surface area contributed by atoms with Gasteiger partial charge in [-0.25, -0.2) is 26.2 Å². The molecule has 57 heavy (non-hydrogen) atoms. The summed E-state index contributed by atoms with van der Waals surface area (Å²) in [6.45, 7) is 3.24. The van der Waals surface area contributed by atoms with Gasteiger partial charge in [0.2, 0.25) is 37.4 Å². The average Bonchev–Trinajstić information content (AvgIpc) is 3.49. The third-order valence-corrected chi connectivity index (χ3v) is 12.2. The van der Waals surface area contributed by atoms with Gasteiger partial charge in [0.1, 0.15) is 7.05 Å². The molecule has 0 unspecified atom stereocenters. The Kier molecular flexibility index (Phi) is 16.3. The van der Waals surface area contributed by atoms with E-state index in [1.165, 1.54) is 13.8 Å². The summed E-state index contributed by atoms with van der Waals surface area (Å²) in [5.74, 6) is -3.77. The molecule has 0 aliphatic carbocycles. The molecule has 4 amide bonds. The van der Waals surface area contributed by atoms with E-state index in [0.717, 1.165) is 27.7 Å². The molecule has 3 aromatic rings. The van der Waals surface area contributed by atoms with E-state index in [9.17, 15) is 40.8 Å². The number of pyridine rings is 1. The molecule has 1 fully saturated rings. The highest BCUT2D eigenvalue weighted by Crippen LogP contribution is 2.25. The zero-order valence-electron chi connectivity index (χ0n) is 32.6. The first-order valence-electron chi connectivity index (χ1n) is 19.1. The van der Waals surface area contributed by atoms with Gasteiger partial charge in [-0.2, -0.15) is 0 Å². The molecule has 2 heterocycles. The molecule has 0 bridgehead atoms. The second kappa shape index (κ2) is 20.8. The van der Waals surface area contributed by atoms with Crippen LogP contribution in [0.15, 0.2) is 66.9 Å². The molecule has 0 spiro atoms. The lowest BCUT2D eigenvalue weighted by molar-refractivity contribution is -0.644. The lowest BCUT2D eigenvalue weighted by atomic mass is 10.0. The summed E-state index contributed by atoms with van der Waals surface area (Å²) in [6.07, 6.45) is 8.22. The minimum atomic E-state index is -3.80. The number of para-hydroxylation sites is 1. The molecule has 2 aromatic carbocycles. The standard InChI is InChI=1S/C40H51N5O10S2/c1-4-56(51,52)41-36(46)23-21-33(22-24-37(47)42-57(53,54)5-2)44(28-10-6-7-16-40(50)55-45-38(48)25-26-39(45)49)32-19-17-30(18-20-32)12-11-13-31-27-29-43(3)35-15-9-8-14-34(31)35/h8-9,11,13-15,17-20,27,29,33H,4-7,10,12,16,21-26,28H2,1-3H3,(H-,41,42,46,47)/p+1/b13-11+. The van der Waals surface area contributed by atoms with Gasteiger partial charge in [0.25, 0.3) is 11.8 Å². The molecule has 1 saturated heterocycles. The molecule has 308 valence electrons. The largest absolute Gasteiger partial charge is 0.369 e. The van der Waals surface area contributed by atoms with Crippen molar-refractivity contribution < 1.29 is 50.2 Å². The van der Waals surface area contributed by atoms with Crippen LogP contribution < -0.4 is 18.9 Å². The molecular formula is C40H52N5O10S2+. The fraction of sp³-hybridized carbons (Fsp3) is 0.450. The normalized spacial score (nSPS) is 13.4. The summed E-state index contributed by atoms with van der Waals surface area (Å²) in [5.41, 5.74) is 4.00. The number of sulfonamides is 2. The predicted octanol–water partition coefficient (Wildman–Crippen LogP) is 3.76. The summed E-state index contributed by atoms with van der Waals surface area (Å²) in [7, 11) is -5.60. The maximum Gasteiger partial charge on any atom is 0.333 e. The zero-order valence-corrected chi connectivity index (χ0v) is 34.3. The van der Waals surface area contributed by atoms with E-state index in [1.54, 1.807) is 0 Å². The number of anilines is 1. The maximum absolute atomic E-state index is 12.7. The first-order chi connectivity index (χ1) is 27.1. The van der Waals surface area contributed by atoms with Crippen molar-refractivity contribution in [2.75, 3.05) is 23.0 Å². The first kappa shape index (κ1) is 44.6. The van der Waals surface area contributed by atoms with Crippen molar-refractivity contribution in [3.8, 4) is 0 Å². The van der Waals surface area contributed by atoms with Gasteiger partial charge in [0.05, 0.1) is 16.9 Å². The van der Waals surface area contributed by atoms with Crippen molar-refractivity contribution in [3.63, 3.8) is 0 Å². The minimum absolute atomic E-state index is 0.00287. The third-order valence-electron chi connectivity index (χ3n) is 9.62. The van der Waals surface area contributed by atoms with E-state index in [1.807, 2.05) is 54.5 Å². The number of hydroxylamine groups is 2. The molecular weight excluding hydrogens is 775 g/mol. The number of aryl methyl sites for hydroxylation is 1. The van der Waals surface area contributed by atoms with E-state index in [-0.39, 0.29) is 56.5 Å². The van der Waals surface area contributed by atoms with Gasteiger partial charge < -0.3 is 9.74 Å². The number of nitrogens with zero attached hydrogens (tertiary/aromatic N) is 3. The summed E-state index contributed by atoms with van der Waals surface area (Å²) < 4.78 is 54.6. The second-order valence-corrected chi connectivity index (χ2v) is 17.8. The Balaban J connectivity index is 1.51. The van der Waals surface area contributed by atoms with E-state index in [4.69, 9.17) is 4.84 Å². The number of hydrogen-bond donors (Lipinski definition) is 2. The van der Waals surface area contributed by atoms with Gasteiger partial charge in [-0.1, -0.05) is 42.8 Å². The summed E-state index contributed by atoms with van der Waals surface area (Å²) >= 11 is 0. The highest BCUT2D eigenvalue weighted by Gasteiger charge is 2.32. The van der Waals surface area contributed by atoms with Gasteiger partial charge in [-0.05, 0) is 75.3 Å². The number of unbranched alkanes of at least 4 members (excludes halogenated alkanes) is 2. The average molecular weight is 827 g/mol. The van der Waals surface area contributed by atoms with Gasteiger partial charge in [-0.15, -0.1) is 5.06 Å². The number of allylic oxidation sites excluding steroid dienone is 1. The van der Waals surface area contributed by atoms with Gasteiger partial charge in [-0.3, -0.25) is 28.6 Å². The predicted molar refractivity (Wildman–Crippen MR) is 215 cm³/mol. The van der Waals surface area contributed by atoms with E-state index in [2.05, 4.69) is 44.4 Å². The quantitative estimate of drug-likeness (QED) is 0.0851. The Hall–Kier alpha value is -5.16. The molecule has 0 radical (unpaired) electrons. The highest BCUT2D eigenvalue weighted by atomic mass is 32.2. The van der Waals surface area contributed by atoms with Gasteiger partial charge in [0, 0.05) is 62.5 Å². The van der Waals surface area contributed by atoms with Crippen molar-refractivity contribution in [1.29, 1.82) is 0 Å². The van der Waals surface area contributed by atoms with E-state index < -0.39 is 55.7 Å². The van der Waals surface area contributed by atoms with Crippen LogP contribution >= 0.6 is 0 Å². The monoisotopic (exact) mass is 826 g/mol. The Labute approximate surface area is 334 Å². The Morgan fingerprint density at radius 1 is 0.825 bits per heavy atom. The summed E-state index contributed by atoms with van der Waals surface area (Å²) in [4.78, 5) is 68.5. The van der Waals surface area contributed by atoms with Crippen LogP contribution in [0.25, 0.3) is 17.0 Å². The lowest BCUT2D eigenvalue weighted by Gasteiger charge is -2.34. The molecule has 2 N–H and O–H groups in total. The van der Waals surface area contributed by atoms with Crippen molar-refractivity contribution in [2.24, 2.45) is 7.05 Å². The van der Waals surface area contributed by atoms with Crippen LogP contribution in [0.5, 0.6) is 0 Å². The highest BCUT2D eigenvalue weighted by molar-refractivity contribution is 7.90. The molecule has 0 atom stereocenters. The number of hydrogen-bond acceptors (Lipinski definition) is 11. The number of aromatic nitrogens is 1. The topological polar surface area (TPSA) is 197 Å². The summed E-state index contributed by atoms with van der Waals surface area (Å²) in [6, 6.07) is 17.5. The van der Waals surface area contributed by atoms with E-state index >= 15 is 0 Å². The van der Waals surface area contributed by atoms with Crippen LogP contribution in [-0.4, -0.2) is 75.6 Å². The van der Waals surface area contributed by atoms with Crippen molar-refractivity contribution >= 4 is 72.3 Å². The molecule has 1 aromatic heterocycles. The third kappa shape index (κ3) is 13.8. The Morgan fingerprint density at radius 2 is 1.42 bits per heavy atom. The van der Waals surface area contributed by atoms with Crippen molar-refractivity contribution in [1.82, 2.24) is 14.5 Å². The SMILES string of the molecule is CCS(=O)(=O)NC(=O)CCC(CCC(=O)NS(=O)(=O)CC)N(CCCCCC(=O)ON1C(=O)CCC1=O)c1ccc(C/C=C/c2cc[n+](C)c3ccccc23)cc1. The van der Waals surface area contributed by atoms with Crippen LogP contribution in [0.2, 0.25) is 0 Å². The fourth-order valence-electron chi connectivity index (χ4n) is 6.38. The first-order valence-corrected chi connectivity index (χ1v) is 22.4. The minimum Gasteiger partial charge on any atom is -0.369 e. The zero-order chi connectivity index (χ0) is 41.6. The molecule has 15 nitrogen and oxygen atoms in total. The number of benzene rings is 2. The lowest BCUT2D eigenvalue weighted by Crippen LogP contribution is -2.40. The molecule has 17 heteroatoms. The van der Waals surface area contributed by atoms with Crippen LogP contribution in [0, 0.1) is 0 Å². The van der Waals surface area contributed by atoms with E-state index in [0.29, 0.717) is 37.3 Å². The van der Waals surface area contributed by atoms with Gasteiger partial charge in [0.15, 0.2) is 6.20 Å². The van der Waals surface area contributed by atoms with Crippen LogP contribution in [0.4, 0.5) is 5.69 Å². The summed E-state index contributed by atoms with van der Waals surface area (Å²) in [5, 5.41) is 1.65. The number of carbonyl (C=O) groups excluding carboxylic acids is 5. The maximum atomic E-state index is 12.7. The fourth-order valence-corrected chi connectivity index (χ4v) is 7.57. The van der Waals surface area contributed by atoms with Crippen molar-refractivity contribution in [3.05, 3.63) is 78.0 Å². The molecule has 1 aliphatic rings. The number of rotatable bonds is 22. The number of amides is 4. The smallest absolute Gasteiger partial charge is 0.333 e. The van der Waals surface area contributed by atoms with Crippen LogP contribution in [0.1, 0.15) is 89.2 Å². The molecule has 1 aliphatic heterocycles. The molecule has 4 rings (SSSR count). The second-order valence-electron chi connectivity index (χ2n) is 13.8. The number of imide groups is 1. The number of nitrogens with one attached hydrogen (secondary N) is 2. The number of fused-ring (bicyclic) bond motifs is 1. The molecule has 0 saturated carbocycles. The van der Waals surface area contributed by atoms with Crippen LogP contribution in [-0.2, 0) is 62.3 Å².